The van der Waals surface area contributed by atoms with E-state index in [1.807, 2.05) is 11.8 Å². The van der Waals surface area contributed by atoms with E-state index in [0.717, 1.165) is 12.3 Å². The molecule has 0 aromatic heterocycles. The molecule has 2 heteroatoms. The predicted molar refractivity (Wildman–Crippen MR) is 43.2 cm³/mol. The lowest BCUT2D eigenvalue weighted by Crippen LogP contribution is -2.22. The minimum atomic E-state index is 0.374. The summed E-state index contributed by atoms with van der Waals surface area (Å²) in [6, 6.07) is 0. The molecule has 0 bridgehead atoms. The molecule has 2 rings (SSSR count). The molecule has 56 valence electrons. The van der Waals surface area contributed by atoms with Crippen LogP contribution in [0.15, 0.2) is 0 Å². The Morgan fingerprint density at radius 3 is 2.70 bits per heavy atom. The number of rotatable bonds is 2. The van der Waals surface area contributed by atoms with Gasteiger partial charge in [0.15, 0.2) is 0 Å². The van der Waals surface area contributed by atoms with E-state index < -0.39 is 0 Å². The van der Waals surface area contributed by atoms with Crippen molar-refractivity contribution >= 4 is 17.5 Å². The summed E-state index contributed by atoms with van der Waals surface area (Å²) in [5.41, 5.74) is 0.663. The van der Waals surface area contributed by atoms with Crippen molar-refractivity contribution in [1.29, 1.82) is 0 Å². The minimum Gasteiger partial charge on any atom is -0.300 e. The van der Waals surface area contributed by atoms with Gasteiger partial charge in [-0.3, -0.25) is 0 Å². The SMILES string of the molecule is CC(=O)CC1CC12CSC2. The van der Waals surface area contributed by atoms with Crippen molar-refractivity contribution in [2.45, 2.75) is 19.8 Å². The van der Waals surface area contributed by atoms with Gasteiger partial charge in [-0.05, 0) is 24.7 Å². The lowest BCUT2D eigenvalue weighted by molar-refractivity contribution is -0.117. The Hall–Kier alpha value is 0.0200. The lowest BCUT2D eigenvalue weighted by atomic mass is 10.1. The first kappa shape index (κ1) is 6.71. The Bertz CT molecular complexity index is 172. The average molecular weight is 156 g/mol. The number of Topliss-reactive ketones (excluding diaryl/α,β-unsaturated/α-hetero) is 1. The summed E-state index contributed by atoms with van der Waals surface area (Å²) >= 11 is 2.03. The van der Waals surface area contributed by atoms with Crippen LogP contribution in [0.4, 0.5) is 0 Å². The monoisotopic (exact) mass is 156 g/mol. The highest BCUT2D eigenvalue weighted by atomic mass is 32.2. The van der Waals surface area contributed by atoms with E-state index in [0.29, 0.717) is 11.2 Å². The first-order valence-corrected chi connectivity index (χ1v) is 4.96. The third-order valence-corrected chi connectivity index (χ3v) is 4.23. The molecule has 1 atom stereocenters. The molecule has 1 saturated carbocycles. The summed E-state index contributed by atoms with van der Waals surface area (Å²) in [5, 5.41) is 0. The minimum absolute atomic E-state index is 0.374. The number of carbonyl (C=O) groups is 1. The zero-order valence-electron chi connectivity index (χ0n) is 6.22. The highest BCUT2D eigenvalue weighted by Gasteiger charge is 2.58. The molecule has 2 aliphatic rings. The summed E-state index contributed by atoms with van der Waals surface area (Å²) in [7, 11) is 0. The van der Waals surface area contributed by atoms with E-state index in [2.05, 4.69) is 0 Å². The molecule has 0 aromatic rings. The largest absolute Gasteiger partial charge is 0.300 e. The fraction of sp³-hybridized carbons (Fsp3) is 0.875. The van der Waals surface area contributed by atoms with Gasteiger partial charge in [-0.15, -0.1) is 0 Å². The summed E-state index contributed by atoms with van der Waals surface area (Å²) in [4.78, 5) is 10.7. The van der Waals surface area contributed by atoms with E-state index in [1.54, 1.807) is 6.92 Å². The van der Waals surface area contributed by atoms with Gasteiger partial charge in [0.05, 0.1) is 0 Å². The lowest BCUT2D eigenvalue weighted by Gasteiger charge is -2.25. The normalized spacial score (nSPS) is 33.5. The van der Waals surface area contributed by atoms with Gasteiger partial charge in [0.1, 0.15) is 5.78 Å². The van der Waals surface area contributed by atoms with E-state index >= 15 is 0 Å². The van der Waals surface area contributed by atoms with Crippen LogP contribution in [0.25, 0.3) is 0 Å². The zero-order valence-corrected chi connectivity index (χ0v) is 7.04. The van der Waals surface area contributed by atoms with Crippen LogP contribution in [0.1, 0.15) is 19.8 Å². The van der Waals surface area contributed by atoms with Crippen LogP contribution in [-0.2, 0) is 4.79 Å². The molecule has 1 nitrogen and oxygen atoms in total. The second-order valence-corrected chi connectivity index (χ2v) is 4.65. The molecular weight excluding hydrogens is 144 g/mol. The van der Waals surface area contributed by atoms with Crippen LogP contribution in [0, 0.1) is 11.3 Å². The molecule has 1 aliphatic heterocycles. The molecular formula is C8H12OS. The first-order chi connectivity index (χ1) is 4.73. The number of hydrogen-bond acceptors (Lipinski definition) is 2. The summed E-state index contributed by atoms with van der Waals surface area (Å²) in [6.07, 6.45) is 2.18. The Balaban J connectivity index is 1.84. The summed E-state index contributed by atoms with van der Waals surface area (Å²) in [6.45, 7) is 1.71. The third-order valence-electron chi connectivity index (χ3n) is 2.67. The molecule has 1 unspecified atom stereocenters. The van der Waals surface area contributed by atoms with Gasteiger partial charge in [0, 0.05) is 17.9 Å². The van der Waals surface area contributed by atoms with Crippen molar-refractivity contribution in [2.24, 2.45) is 11.3 Å². The summed E-state index contributed by atoms with van der Waals surface area (Å²) in [5.74, 6) is 3.79. The maximum Gasteiger partial charge on any atom is 0.130 e. The number of hydrogen-bond donors (Lipinski definition) is 0. The maximum atomic E-state index is 10.7. The van der Waals surface area contributed by atoms with Gasteiger partial charge in [0.25, 0.3) is 0 Å². The molecule has 0 N–H and O–H groups in total. The van der Waals surface area contributed by atoms with Gasteiger partial charge < -0.3 is 4.79 Å². The van der Waals surface area contributed by atoms with Crippen molar-refractivity contribution in [1.82, 2.24) is 0 Å². The molecule has 1 spiro atoms. The number of ketones is 1. The van der Waals surface area contributed by atoms with Crippen molar-refractivity contribution in [3.05, 3.63) is 0 Å². The Morgan fingerprint density at radius 1 is 1.70 bits per heavy atom. The molecule has 0 radical (unpaired) electrons. The van der Waals surface area contributed by atoms with Crippen molar-refractivity contribution < 1.29 is 4.79 Å². The highest BCUT2D eigenvalue weighted by Crippen LogP contribution is 2.63. The fourth-order valence-electron chi connectivity index (χ4n) is 1.79. The van der Waals surface area contributed by atoms with Gasteiger partial charge in [0.2, 0.25) is 0 Å². The molecule has 1 aliphatic carbocycles. The second kappa shape index (κ2) is 2.00. The van der Waals surface area contributed by atoms with Crippen molar-refractivity contribution in [3.8, 4) is 0 Å². The third kappa shape index (κ3) is 0.895. The molecule has 1 saturated heterocycles. The van der Waals surface area contributed by atoms with Crippen LogP contribution >= 0.6 is 11.8 Å². The van der Waals surface area contributed by atoms with Gasteiger partial charge in [-0.2, -0.15) is 11.8 Å². The van der Waals surface area contributed by atoms with Crippen LogP contribution in [0.5, 0.6) is 0 Å². The zero-order chi connectivity index (χ0) is 7.19. The average Bonchev–Trinajstić information content (AvgIpc) is 2.37. The number of carbonyl (C=O) groups excluding carboxylic acids is 1. The standard InChI is InChI=1S/C8H12OS/c1-6(9)2-7-3-8(7)4-10-5-8/h7H,2-5H2,1H3. The van der Waals surface area contributed by atoms with Crippen LogP contribution in [0.3, 0.4) is 0 Å². The molecule has 2 fully saturated rings. The second-order valence-electron chi connectivity index (χ2n) is 3.66. The number of thioether (sulfide) groups is 1. The van der Waals surface area contributed by atoms with Crippen LogP contribution in [-0.4, -0.2) is 17.3 Å². The van der Waals surface area contributed by atoms with Crippen LogP contribution < -0.4 is 0 Å². The van der Waals surface area contributed by atoms with Gasteiger partial charge >= 0.3 is 0 Å². The Labute approximate surface area is 65.6 Å². The van der Waals surface area contributed by atoms with E-state index in [4.69, 9.17) is 0 Å². The maximum absolute atomic E-state index is 10.7. The van der Waals surface area contributed by atoms with Gasteiger partial charge in [-0.1, -0.05) is 0 Å². The first-order valence-electron chi connectivity index (χ1n) is 3.80. The smallest absolute Gasteiger partial charge is 0.130 e. The Kier molecular flexibility index (Phi) is 1.34. The van der Waals surface area contributed by atoms with Crippen LogP contribution in [0.2, 0.25) is 0 Å². The van der Waals surface area contributed by atoms with E-state index in [9.17, 15) is 4.79 Å². The highest BCUT2D eigenvalue weighted by molar-refractivity contribution is 8.00. The van der Waals surface area contributed by atoms with E-state index in [-0.39, 0.29) is 0 Å². The molecule has 0 aromatic carbocycles. The molecule has 1 heterocycles. The Morgan fingerprint density at radius 2 is 2.40 bits per heavy atom. The topological polar surface area (TPSA) is 17.1 Å². The predicted octanol–water partition coefficient (Wildman–Crippen LogP) is 1.72. The molecule has 10 heavy (non-hydrogen) atoms. The molecule has 0 amide bonds. The van der Waals surface area contributed by atoms with Gasteiger partial charge in [-0.25, -0.2) is 0 Å². The quantitative estimate of drug-likeness (QED) is 0.605. The van der Waals surface area contributed by atoms with E-state index in [1.165, 1.54) is 17.9 Å². The van der Waals surface area contributed by atoms with Crippen molar-refractivity contribution in [2.75, 3.05) is 11.5 Å². The fourth-order valence-corrected chi connectivity index (χ4v) is 3.22. The summed E-state index contributed by atoms with van der Waals surface area (Å²) < 4.78 is 0. The van der Waals surface area contributed by atoms with Crippen molar-refractivity contribution in [3.63, 3.8) is 0 Å².